The Morgan fingerprint density at radius 2 is 1.09 bits per heavy atom. The van der Waals surface area contributed by atoms with Crippen molar-refractivity contribution >= 4 is 23.1 Å². The van der Waals surface area contributed by atoms with Gasteiger partial charge < -0.3 is 20.6 Å². The van der Waals surface area contributed by atoms with Crippen molar-refractivity contribution in [1.29, 1.82) is 0 Å². The predicted molar refractivity (Wildman–Crippen MR) is 143 cm³/mol. The van der Waals surface area contributed by atoms with Gasteiger partial charge in [0.05, 0.1) is 11.8 Å². The van der Waals surface area contributed by atoms with Crippen LogP contribution in [0.1, 0.15) is 61.3 Å². The molecule has 0 fully saturated rings. The highest BCUT2D eigenvalue weighted by Gasteiger charge is 2.24. The lowest BCUT2D eigenvalue weighted by molar-refractivity contribution is 0.620. The van der Waals surface area contributed by atoms with E-state index in [-0.39, 0.29) is 11.8 Å². The average Bonchev–Trinajstić information content (AvgIpc) is 3.51. The lowest BCUT2D eigenvalue weighted by atomic mass is 9.99. The SMILES string of the molecule is CCCn1cnnc1C(CSCC(c1ccc(N)cc1)c1nncn1CCC)c1ccc(N)cc1. The Kier molecular flexibility index (Phi) is 8.41. The van der Waals surface area contributed by atoms with Crippen LogP contribution < -0.4 is 11.5 Å². The molecular formula is C26H34N8S. The Morgan fingerprint density at radius 1 is 0.686 bits per heavy atom. The van der Waals surface area contributed by atoms with Crippen LogP contribution >= 0.6 is 11.8 Å². The number of hydrogen-bond donors (Lipinski definition) is 2. The number of nitrogens with zero attached hydrogens (tertiary/aromatic N) is 6. The molecule has 0 amide bonds. The molecule has 0 spiro atoms. The van der Waals surface area contributed by atoms with Gasteiger partial charge in [-0.1, -0.05) is 38.1 Å². The summed E-state index contributed by atoms with van der Waals surface area (Å²) in [5, 5.41) is 17.5. The molecule has 2 heterocycles. The quantitative estimate of drug-likeness (QED) is 0.280. The van der Waals surface area contributed by atoms with Crippen LogP contribution in [0.4, 0.5) is 11.4 Å². The van der Waals surface area contributed by atoms with Crippen molar-refractivity contribution < 1.29 is 0 Å². The van der Waals surface area contributed by atoms with E-state index in [1.54, 1.807) is 0 Å². The minimum Gasteiger partial charge on any atom is -0.399 e. The van der Waals surface area contributed by atoms with Crippen LogP contribution in [0.3, 0.4) is 0 Å². The number of aromatic nitrogens is 6. The summed E-state index contributed by atoms with van der Waals surface area (Å²) in [6, 6.07) is 16.2. The first kappa shape index (κ1) is 24.8. The average molecular weight is 491 g/mol. The van der Waals surface area contributed by atoms with Crippen molar-refractivity contribution in [2.75, 3.05) is 23.0 Å². The van der Waals surface area contributed by atoms with Gasteiger partial charge in [0.2, 0.25) is 0 Å². The number of anilines is 2. The third-order valence-corrected chi connectivity index (χ3v) is 7.23. The minimum atomic E-state index is 0.107. The van der Waals surface area contributed by atoms with Crippen molar-refractivity contribution in [3.05, 3.63) is 84.0 Å². The maximum Gasteiger partial charge on any atom is 0.141 e. The lowest BCUT2D eigenvalue weighted by Crippen LogP contribution is -2.16. The Labute approximate surface area is 211 Å². The van der Waals surface area contributed by atoms with Gasteiger partial charge in [0.1, 0.15) is 24.3 Å². The molecule has 2 unspecified atom stereocenters. The zero-order chi connectivity index (χ0) is 24.6. The zero-order valence-electron chi connectivity index (χ0n) is 20.4. The van der Waals surface area contributed by atoms with E-state index in [1.165, 1.54) is 11.1 Å². The normalized spacial score (nSPS) is 13.1. The molecule has 4 N–H and O–H groups in total. The summed E-state index contributed by atoms with van der Waals surface area (Å²) in [5.41, 5.74) is 15.8. The topological polar surface area (TPSA) is 113 Å². The monoisotopic (exact) mass is 490 g/mol. The van der Waals surface area contributed by atoms with E-state index in [2.05, 4.69) is 67.6 Å². The van der Waals surface area contributed by atoms with Crippen LogP contribution in [0.2, 0.25) is 0 Å². The van der Waals surface area contributed by atoms with Crippen LogP contribution in [0.25, 0.3) is 0 Å². The zero-order valence-corrected chi connectivity index (χ0v) is 21.2. The molecule has 35 heavy (non-hydrogen) atoms. The van der Waals surface area contributed by atoms with Crippen LogP contribution in [0.15, 0.2) is 61.2 Å². The van der Waals surface area contributed by atoms with Crippen LogP contribution in [0.5, 0.6) is 0 Å². The molecule has 0 aliphatic heterocycles. The summed E-state index contributed by atoms with van der Waals surface area (Å²) in [5.74, 6) is 3.91. The first-order valence-electron chi connectivity index (χ1n) is 12.1. The van der Waals surface area contributed by atoms with Gasteiger partial charge in [-0.3, -0.25) is 0 Å². The summed E-state index contributed by atoms with van der Waals surface area (Å²) in [6.45, 7) is 6.13. The number of rotatable bonds is 12. The fraction of sp³-hybridized carbons (Fsp3) is 0.385. The number of hydrogen-bond acceptors (Lipinski definition) is 7. The molecule has 184 valence electrons. The number of nitrogens with two attached hydrogens (primary N) is 2. The van der Waals surface area contributed by atoms with E-state index in [1.807, 2.05) is 48.7 Å². The van der Waals surface area contributed by atoms with Crippen molar-refractivity contribution in [2.45, 2.75) is 51.6 Å². The second-order valence-electron chi connectivity index (χ2n) is 8.74. The third kappa shape index (κ3) is 6.03. The summed E-state index contributed by atoms with van der Waals surface area (Å²) in [4.78, 5) is 0. The largest absolute Gasteiger partial charge is 0.399 e. The van der Waals surface area contributed by atoms with Gasteiger partial charge >= 0.3 is 0 Å². The van der Waals surface area contributed by atoms with Crippen LogP contribution in [0, 0.1) is 0 Å². The summed E-state index contributed by atoms with van der Waals surface area (Å²) < 4.78 is 4.33. The predicted octanol–water partition coefficient (Wildman–Crippen LogP) is 4.55. The van der Waals surface area contributed by atoms with Crippen molar-refractivity contribution in [3.8, 4) is 0 Å². The van der Waals surface area contributed by atoms with Gasteiger partial charge in [-0.15, -0.1) is 20.4 Å². The first-order valence-corrected chi connectivity index (χ1v) is 13.3. The molecule has 8 nitrogen and oxygen atoms in total. The van der Waals surface area contributed by atoms with Gasteiger partial charge in [0.25, 0.3) is 0 Å². The molecule has 2 atom stereocenters. The molecule has 0 saturated heterocycles. The van der Waals surface area contributed by atoms with E-state index in [0.717, 1.165) is 60.5 Å². The van der Waals surface area contributed by atoms with Gasteiger partial charge in [0.15, 0.2) is 0 Å². The second-order valence-corrected chi connectivity index (χ2v) is 9.82. The molecule has 9 heteroatoms. The fourth-order valence-electron chi connectivity index (χ4n) is 4.29. The van der Waals surface area contributed by atoms with Crippen molar-refractivity contribution in [2.24, 2.45) is 0 Å². The van der Waals surface area contributed by atoms with E-state index < -0.39 is 0 Å². The van der Waals surface area contributed by atoms with Crippen molar-refractivity contribution in [1.82, 2.24) is 29.5 Å². The van der Waals surface area contributed by atoms with Gasteiger partial charge in [-0.05, 0) is 48.2 Å². The molecular weight excluding hydrogens is 456 g/mol. The molecule has 0 aliphatic rings. The maximum absolute atomic E-state index is 5.97. The molecule has 0 bridgehead atoms. The summed E-state index contributed by atoms with van der Waals surface area (Å²) in [6.07, 6.45) is 5.72. The molecule has 0 saturated carbocycles. The highest BCUT2D eigenvalue weighted by atomic mass is 32.2. The lowest BCUT2D eigenvalue weighted by Gasteiger charge is -2.21. The highest BCUT2D eigenvalue weighted by molar-refractivity contribution is 7.99. The summed E-state index contributed by atoms with van der Waals surface area (Å²) in [7, 11) is 0. The number of nitrogen functional groups attached to an aromatic ring is 2. The molecule has 0 aliphatic carbocycles. The van der Waals surface area contributed by atoms with E-state index in [9.17, 15) is 0 Å². The minimum absolute atomic E-state index is 0.107. The van der Waals surface area contributed by atoms with Crippen LogP contribution in [-0.2, 0) is 13.1 Å². The second kappa shape index (κ2) is 11.9. The third-order valence-electron chi connectivity index (χ3n) is 6.09. The number of aryl methyl sites for hydroxylation is 2. The molecule has 2 aromatic heterocycles. The van der Waals surface area contributed by atoms with Gasteiger partial charge in [0, 0.05) is 36.0 Å². The molecule has 4 rings (SSSR count). The first-order chi connectivity index (χ1) is 17.1. The highest BCUT2D eigenvalue weighted by Crippen LogP contribution is 2.33. The Hall–Kier alpha value is -3.33. The van der Waals surface area contributed by atoms with E-state index >= 15 is 0 Å². The summed E-state index contributed by atoms with van der Waals surface area (Å²) >= 11 is 1.89. The van der Waals surface area contributed by atoms with Crippen molar-refractivity contribution in [3.63, 3.8) is 0 Å². The number of benzene rings is 2. The van der Waals surface area contributed by atoms with Crippen LogP contribution in [-0.4, -0.2) is 41.0 Å². The maximum atomic E-state index is 5.97. The standard InChI is InChI=1S/C26H34N8S/c1-3-13-33-17-29-31-25(33)23(19-5-9-21(27)10-6-19)15-35-16-24(20-7-11-22(28)12-8-20)26-32-30-18-34(26)14-4-2/h5-12,17-18,23-24H,3-4,13-16,27-28H2,1-2H3. The molecule has 2 aromatic carbocycles. The number of thioether (sulfide) groups is 1. The van der Waals surface area contributed by atoms with Gasteiger partial charge in [-0.2, -0.15) is 11.8 Å². The Balaban J connectivity index is 1.59. The van der Waals surface area contributed by atoms with E-state index in [4.69, 9.17) is 11.5 Å². The fourth-order valence-corrected chi connectivity index (χ4v) is 5.58. The Bertz CT molecular complexity index is 1090. The molecule has 0 radical (unpaired) electrons. The smallest absolute Gasteiger partial charge is 0.141 e. The van der Waals surface area contributed by atoms with E-state index in [0.29, 0.717) is 0 Å². The molecule has 4 aromatic rings. The van der Waals surface area contributed by atoms with Gasteiger partial charge in [-0.25, -0.2) is 0 Å². The Morgan fingerprint density at radius 3 is 1.46 bits per heavy atom.